The van der Waals surface area contributed by atoms with Crippen LogP contribution in [-0.2, 0) is 0 Å². The zero-order valence-corrected chi connectivity index (χ0v) is 7.64. The van der Waals surface area contributed by atoms with Gasteiger partial charge in [0, 0.05) is 11.9 Å². The summed E-state index contributed by atoms with van der Waals surface area (Å²) in [4.78, 5) is 0. The van der Waals surface area contributed by atoms with Gasteiger partial charge in [-0.15, -0.1) is 0 Å². The number of hydrogen-bond donors (Lipinski definition) is 2. The first-order valence-corrected chi connectivity index (χ1v) is 4.46. The maximum absolute atomic E-state index is 9.23. The Balaban J connectivity index is 2.30. The van der Waals surface area contributed by atoms with Crippen LogP contribution >= 0.6 is 0 Å². The molecule has 70 valence electrons. The lowest BCUT2D eigenvalue weighted by molar-refractivity contribution is 0.429. The van der Waals surface area contributed by atoms with Crippen LogP contribution < -0.4 is 5.32 Å². The van der Waals surface area contributed by atoms with Gasteiger partial charge in [-0.05, 0) is 17.7 Å². The van der Waals surface area contributed by atoms with Gasteiger partial charge in [0.15, 0.2) is 0 Å². The first kappa shape index (κ1) is 8.63. The molecule has 1 aliphatic rings. The first-order chi connectivity index (χ1) is 6.86. The van der Waals surface area contributed by atoms with Crippen LogP contribution in [0.4, 0.5) is 0 Å². The number of rotatable bonds is 1. The standard InChI is InChI=1S/C12H11NO/c14-11-7-4-8-12(13-9-11)10-5-2-1-3-6-10/h1-9,13-14H. The van der Waals surface area contributed by atoms with Crippen LogP contribution in [-0.4, -0.2) is 5.11 Å². The monoisotopic (exact) mass is 185 g/mol. The largest absolute Gasteiger partial charge is 0.506 e. The van der Waals surface area contributed by atoms with Crippen molar-refractivity contribution in [1.29, 1.82) is 0 Å². The molecule has 2 rings (SSSR count). The van der Waals surface area contributed by atoms with E-state index in [0.717, 1.165) is 11.3 Å². The van der Waals surface area contributed by atoms with E-state index in [2.05, 4.69) is 5.32 Å². The van der Waals surface area contributed by atoms with E-state index in [0.29, 0.717) is 0 Å². The van der Waals surface area contributed by atoms with Gasteiger partial charge in [-0.3, -0.25) is 0 Å². The van der Waals surface area contributed by atoms with Gasteiger partial charge >= 0.3 is 0 Å². The highest BCUT2D eigenvalue weighted by molar-refractivity contribution is 5.67. The molecule has 0 amide bonds. The molecule has 0 bridgehead atoms. The van der Waals surface area contributed by atoms with Crippen molar-refractivity contribution in [2.45, 2.75) is 0 Å². The summed E-state index contributed by atoms with van der Waals surface area (Å²) in [6.07, 6.45) is 6.95. The SMILES string of the molecule is OC1=CNC(c2ccccc2)=CC=C1. The third kappa shape index (κ3) is 1.85. The Morgan fingerprint density at radius 2 is 1.86 bits per heavy atom. The van der Waals surface area contributed by atoms with Crippen molar-refractivity contribution in [2.24, 2.45) is 0 Å². The van der Waals surface area contributed by atoms with E-state index < -0.39 is 0 Å². The van der Waals surface area contributed by atoms with Crippen molar-refractivity contribution in [3.05, 3.63) is 66.1 Å². The quantitative estimate of drug-likeness (QED) is 0.704. The smallest absolute Gasteiger partial charge is 0.131 e. The Hall–Kier alpha value is -1.96. The third-order valence-corrected chi connectivity index (χ3v) is 1.99. The van der Waals surface area contributed by atoms with Crippen molar-refractivity contribution in [2.75, 3.05) is 0 Å². The van der Waals surface area contributed by atoms with E-state index in [9.17, 15) is 5.11 Å². The Labute approximate surface area is 82.9 Å². The van der Waals surface area contributed by atoms with Gasteiger partial charge < -0.3 is 10.4 Å². The lowest BCUT2D eigenvalue weighted by Gasteiger charge is -2.05. The van der Waals surface area contributed by atoms with Crippen molar-refractivity contribution >= 4 is 5.70 Å². The topological polar surface area (TPSA) is 32.3 Å². The van der Waals surface area contributed by atoms with E-state index in [4.69, 9.17) is 0 Å². The molecule has 0 aromatic heterocycles. The molecule has 0 spiro atoms. The van der Waals surface area contributed by atoms with Crippen LogP contribution in [0.5, 0.6) is 0 Å². The summed E-state index contributed by atoms with van der Waals surface area (Å²) in [6.45, 7) is 0. The predicted octanol–water partition coefficient (Wildman–Crippen LogP) is 2.59. The number of benzene rings is 1. The Bertz CT molecular complexity index is 399. The second kappa shape index (κ2) is 3.83. The molecular weight excluding hydrogens is 174 g/mol. The lowest BCUT2D eigenvalue weighted by Crippen LogP contribution is -2.03. The fraction of sp³-hybridized carbons (Fsp3) is 0. The Morgan fingerprint density at radius 1 is 1.07 bits per heavy atom. The molecule has 2 heteroatoms. The predicted molar refractivity (Wildman–Crippen MR) is 57.4 cm³/mol. The number of aliphatic hydroxyl groups excluding tert-OH is 1. The summed E-state index contributed by atoms with van der Waals surface area (Å²) in [7, 11) is 0. The minimum absolute atomic E-state index is 0.229. The van der Waals surface area contributed by atoms with E-state index in [-0.39, 0.29) is 5.76 Å². The molecule has 0 saturated carbocycles. The second-order valence-electron chi connectivity index (χ2n) is 3.02. The molecule has 0 unspecified atom stereocenters. The molecule has 0 atom stereocenters. The second-order valence-corrected chi connectivity index (χ2v) is 3.02. The molecule has 0 radical (unpaired) electrons. The van der Waals surface area contributed by atoms with Crippen molar-refractivity contribution in [1.82, 2.24) is 5.32 Å². The number of aliphatic hydroxyl groups is 1. The molecule has 2 N–H and O–H groups in total. The summed E-state index contributed by atoms with van der Waals surface area (Å²) in [5.41, 5.74) is 2.08. The molecule has 1 aliphatic heterocycles. The maximum atomic E-state index is 9.23. The minimum atomic E-state index is 0.229. The molecule has 0 fully saturated rings. The zero-order valence-electron chi connectivity index (χ0n) is 7.64. The maximum Gasteiger partial charge on any atom is 0.131 e. The van der Waals surface area contributed by atoms with Gasteiger partial charge in [0.05, 0.1) is 0 Å². The summed E-state index contributed by atoms with van der Waals surface area (Å²) >= 11 is 0. The molecule has 2 nitrogen and oxygen atoms in total. The Morgan fingerprint density at radius 3 is 2.64 bits per heavy atom. The summed E-state index contributed by atoms with van der Waals surface area (Å²) in [5, 5.41) is 12.3. The van der Waals surface area contributed by atoms with Gasteiger partial charge in [-0.2, -0.15) is 0 Å². The summed E-state index contributed by atoms with van der Waals surface area (Å²) in [5.74, 6) is 0.229. The molecule has 0 saturated heterocycles. The van der Waals surface area contributed by atoms with E-state index in [1.807, 2.05) is 42.5 Å². The molecule has 14 heavy (non-hydrogen) atoms. The molecule has 0 aliphatic carbocycles. The zero-order chi connectivity index (χ0) is 9.80. The van der Waals surface area contributed by atoms with Crippen LogP contribution in [0, 0.1) is 0 Å². The van der Waals surface area contributed by atoms with Crippen LogP contribution in [0.1, 0.15) is 5.56 Å². The van der Waals surface area contributed by atoms with Gasteiger partial charge in [0.2, 0.25) is 0 Å². The number of allylic oxidation sites excluding steroid dienone is 3. The Kier molecular flexibility index (Phi) is 2.36. The van der Waals surface area contributed by atoms with Crippen molar-refractivity contribution < 1.29 is 5.11 Å². The van der Waals surface area contributed by atoms with E-state index in [1.165, 1.54) is 0 Å². The first-order valence-electron chi connectivity index (χ1n) is 4.46. The summed E-state index contributed by atoms with van der Waals surface area (Å²) in [6, 6.07) is 9.97. The van der Waals surface area contributed by atoms with Gasteiger partial charge in [-0.1, -0.05) is 36.4 Å². The summed E-state index contributed by atoms with van der Waals surface area (Å²) < 4.78 is 0. The van der Waals surface area contributed by atoms with Crippen molar-refractivity contribution in [3.63, 3.8) is 0 Å². The average Bonchev–Trinajstić information content (AvgIpc) is 2.44. The molecule has 1 aromatic carbocycles. The van der Waals surface area contributed by atoms with Gasteiger partial charge in [-0.25, -0.2) is 0 Å². The lowest BCUT2D eigenvalue weighted by atomic mass is 10.1. The normalized spacial score (nSPS) is 15.1. The number of nitrogens with one attached hydrogen (secondary N) is 1. The fourth-order valence-corrected chi connectivity index (χ4v) is 1.29. The highest BCUT2D eigenvalue weighted by Gasteiger charge is 1.99. The highest BCUT2D eigenvalue weighted by Crippen LogP contribution is 2.13. The van der Waals surface area contributed by atoms with E-state index >= 15 is 0 Å². The van der Waals surface area contributed by atoms with Crippen LogP contribution in [0.3, 0.4) is 0 Å². The van der Waals surface area contributed by atoms with E-state index in [1.54, 1.807) is 12.3 Å². The average molecular weight is 185 g/mol. The molecule has 1 aromatic rings. The van der Waals surface area contributed by atoms with Gasteiger partial charge in [0.1, 0.15) is 5.76 Å². The molecule has 1 heterocycles. The van der Waals surface area contributed by atoms with Crippen LogP contribution in [0.25, 0.3) is 5.70 Å². The fourth-order valence-electron chi connectivity index (χ4n) is 1.29. The number of hydrogen-bond acceptors (Lipinski definition) is 2. The van der Waals surface area contributed by atoms with Gasteiger partial charge in [0.25, 0.3) is 0 Å². The minimum Gasteiger partial charge on any atom is -0.506 e. The molecular formula is C12H11NO. The van der Waals surface area contributed by atoms with Crippen LogP contribution in [0.2, 0.25) is 0 Å². The highest BCUT2D eigenvalue weighted by atomic mass is 16.3. The van der Waals surface area contributed by atoms with Crippen LogP contribution in [0.15, 0.2) is 60.5 Å². The third-order valence-electron chi connectivity index (χ3n) is 1.99. The van der Waals surface area contributed by atoms with Crippen molar-refractivity contribution in [3.8, 4) is 0 Å².